The molecule has 0 fully saturated rings. The standard InChI is InChI=1S/C16H26BrN3/c1-15(2,3)10-16(4,5)12-7-6-11(8-13(12)17)9-20-14(18)19/h6-8H,9-10H2,1-5H3,(H4,18,19,20). The van der Waals surface area contributed by atoms with Crippen LogP contribution in [0.3, 0.4) is 0 Å². The van der Waals surface area contributed by atoms with E-state index in [9.17, 15) is 0 Å². The third kappa shape index (κ3) is 5.16. The van der Waals surface area contributed by atoms with E-state index >= 15 is 0 Å². The van der Waals surface area contributed by atoms with Gasteiger partial charge in [0.15, 0.2) is 5.96 Å². The van der Waals surface area contributed by atoms with E-state index in [1.807, 2.05) is 0 Å². The molecule has 0 atom stereocenters. The third-order valence-corrected chi connectivity index (χ3v) is 3.84. The highest BCUT2D eigenvalue weighted by atomic mass is 79.9. The first-order chi connectivity index (χ1) is 9.01. The van der Waals surface area contributed by atoms with Crippen molar-refractivity contribution in [1.82, 2.24) is 0 Å². The molecule has 0 aliphatic heterocycles. The first-order valence-corrected chi connectivity index (χ1v) is 7.65. The van der Waals surface area contributed by atoms with E-state index in [1.54, 1.807) is 0 Å². The maximum Gasteiger partial charge on any atom is 0.186 e. The van der Waals surface area contributed by atoms with E-state index in [0.29, 0.717) is 12.0 Å². The number of nitrogens with zero attached hydrogens (tertiary/aromatic N) is 1. The molecule has 0 saturated heterocycles. The molecule has 112 valence electrons. The molecular weight excluding hydrogens is 314 g/mol. The molecule has 0 aliphatic rings. The van der Waals surface area contributed by atoms with Crippen LogP contribution in [0.5, 0.6) is 0 Å². The summed E-state index contributed by atoms with van der Waals surface area (Å²) in [6, 6.07) is 6.37. The SMILES string of the molecule is CC(C)(C)CC(C)(C)c1ccc(CN=C(N)N)cc1Br. The number of aliphatic imine (C=N–C) groups is 1. The number of halogens is 1. The Morgan fingerprint density at radius 3 is 2.20 bits per heavy atom. The van der Waals surface area contributed by atoms with Gasteiger partial charge in [-0.05, 0) is 34.4 Å². The fourth-order valence-electron chi connectivity index (χ4n) is 2.81. The predicted molar refractivity (Wildman–Crippen MR) is 90.8 cm³/mol. The average molecular weight is 340 g/mol. The largest absolute Gasteiger partial charge is 0.370 e. The van der Waals surface area contributed by atoms with E-state index < -0.39 is 0 Å². The van der Waals surface area contributed by atoms with E-state index in [4.69, 9.17) is 11.5 Å². The van der Waals surface area contributed by atoms with Gasteiger partial charge in [0.25, 0.3) is 0 Å². The molecule has 4 heteroatoms. The van der Waals surface area contributed by atoms with Gasteiger partial charge in [-0.15, -0.1) is 0 Å². The monoisotopic (exact) mass is 339 g/mol. The Morgan fingerprint density at radius 2 is 1.75 bits per heavy atom. The highest BCUT2D eigenvalue weighted by molar-refractivity contribution is 9.10. The fourth-order valence-corrected chi connectivity index (χ4v) is 3.77. The van der Waals surface area contributed by atoms with Crippen molar-refractivity contribution in [3.63, 3.8) is 0 Å². The van der Waals surface area contributed by atoms with Crippen LogP contribution in [0.2, 0.25) is 0 Å². The zero-order chi connectivity index (χ0) is 15.6. The molecule has 0 amide bonds. The maximum absolute atomic E-state index is 5.36. The van der Waals surface area contributed by atoms with Gasteiger partial charge in [-0.3, -0.25) is 0 Å². The van der Waals surface area contributed by atoms with Crippen molar-refractivity contribution in [3.8, 4) is 0 Å². The topological polar surface area (TPSA) is 64.4 Å². The molecule has 4 N–H and O–H groups in total. The smallest absolute Gasteiger partial charge is 0.186 e. The Labute approximate surface area is 131 Å². The zero-order valence-electron chi connectivity index (χ0n) is 13.1. The van der Waals surface area contributed by atoms with Crippen LogP contribution in [0.4, 0.5) is 0 Å². The molecule has 0 spiro atoms. The number of rotatable bonds is 4. The number of nitrogens with two attached hydrogens (primary N) is 2. The van der Waals surface area contributed by atoms with Gasteiger partial charge in [0.2, 0.25) is 0 Å². The van der Waals surface area contributed by atoms with E-state index in [2.05, 4.69) is 73.7 Å². The minimum absolute atomic E-state index is 0.117. The van der Waals surface area contributed by atoms with Crippen LogP contribution >= 0.6 is 15.9 Å². The lowest BCUT2D eigenvalue weighted by molar-refractivity contribution is 0.283. The first-order valence-electron chi connectivity index (χ1n) is 6.85. The van der Waals surface area contributed by atoms with Crippen molar-refractivity contribution in [3.05, 3.63) is 33.8 Å². The highest BCUT2D eigenvalue weighted by Crippen LogP contribution is 2.39. The highest BCUT2D eigenvalue weighted by Gasteiger charge is 2.28. The molecule has 0 heterocycles. The lowest BCUT2D eigenvalue weighted by atomic mass is 9.72. The third-order valence-electron chi connectivity index (χ3n) is 3.18. The summed E-state index contributed by atoms with van der Waals surface area (Å²) >= 11 is 3.69. The lowest BCUT2D eigenvalue weighted by Gasteiger charge is -2.33. The van der Waals surface area contributed by atoms with Gasteiger partial charge in [-0.2, -0.15) is 0 Å². The molecule has 20 heavy (non-hydrogen) atoms. The number of hydrogen-bond donors (Lipinski definition) is 2. The van der Waals surface area contributed by atoms with Crippen LogP contribution in [0, 0.1) is 5.41 Å². The molecule has 1 rings (SSSR count). The molecule has 0 bridgehead atoms. The second-order valence-corrected chi connectivity index (χ2v) is 8.03. The van der Waals surface area contributed by atoms with Crippen LogP contribution in [0.1, 0.15) is 52.2 Å². The average Bonchev–Trinajstić information content (AvgIpc) is 2.22. The fraction of sp³-hybridized carbons (Fsp3) is 0.562. The minimum Gasteiger partial charge on any atom is -0.370 e. The maximum atomic E-state index is 5.36. The molecular formula is C16H26BrN3. The summed E-state index contributed by atoms with van der Waals surface area (Å²) in [6.45, 7) is 11.9. The zero-order valence-corrected chi connectivity index (χ0v) is 14.7. The molecule has 1 aromatic carbocycles. The summed E-state index contributed by atoms with van der Waals surface area (Å²) < 4.78 is 1.12. The predicted octanol–water partition coefficient (Wildman–Crippen LogP) is 3.94. The second kappa shape index (κ2) is 6.17. The number of hydrogen-bond acceptors (Lipinski definition) is 1. The molecule has 0 unspecified atom stereocenters. The molecule has 1 aromatic rings. The summed E-state index contributed by atoms with van der Waals surface area (Å²) in [5.41, 5.74) is 13.6. The Hall–Kier alpha value is -1.03. The van der Waals surface area contributed by atoms with Crippen molar-refractivity contribution in [2.24, 2.45) is 21.9 Å². The minimum atomic E-state index is 0.117. The van der Waals surface area contributed by atoms with Gasteiger partial charge in [0.1, 0.15) is 0 Å². The van der Waals surface area contributed by atoms with E-state index in [1.165, 1.54) is 5.56 Å². The van der Waals surface area contributed by atoms with Crippen LogP contribution < -0.4 is 11.5 Å². The van der Waals surface area contributed by atoms with Crippen molar-refractivity contribution in [1.29, 1.82) is 0 Å². The first kappa shape index (κ1) is 17.0. The van der Waals surface area contributed by atoms with Gasteiger partial charge >= 0.3 is 0 Å². The summed E-state index contributed by atoms with van der Waals surface area (Å²) in [5.74, 6) is 0.123. The molecule has 0 aromatic heterocycles. The van der Waals surface area contributed by atoms with Crippen molar-refractivity contribution in [2.45, 2.75) is 53.0 Å². The Bertz CT molecular complexity index is 495. The van der Waals surface area contributed by atoms with E-state index in [0.717, 1.165) is 16.5 Å². The van der Waals surface area contributed by atoms with Crippen molar-refractivity contribution >= 4 is 21.9 Å². The number of benzene rings is 1. The van der Waals surface area contributed by atoms with Gasteiger partial charge < -0.3 is 11.5 Å². The van der Waals surface area contributed by atoms with E-state index in [-0.39, 0.29) is 11.4 Å². The Balaban J connectivity index is 3.01. The van der Waals surface area contributed by atoms with Crippen LogP contribution in [0.25, 0.3) is 0 Å². The van der Waals surface area contributed by atoms with Gasteiger partial charge in [0, 0.05) is 4.47 Å². The van der Waals surface area contributed by atoms with Gasteiger partial charge in [-0.25, -0.2) is 4.99 Å². The van der Waals surface area contributed by atoms with Crippen LogP contribution in [0.15, 0.2) is 27.7 Å². The normalized spacial score (nSPS) is 12.3. The summed E-state index contributed by atoms with van der Waals surface area (Å²) in [5, 5.41) is 0. The lowest BCUT2D eigenvalue weighted by Crippen LogP contribution is -2.25. The second-order valence-electron chi connectivity index (χ2n) is 7.18. The van der Waals surface area contributed by atoms with Crippen LogP contribution in [-0.4, -0.2) is 5.96 Å². The van der Waals surface area contributed by atoms with Crippen molar-refractivity contribution < 1.29 is 0 Å². The quantitative estimate of drug-likeness (QED) is 0.644. The molecule has 0 aliphatic carbocycles. The van der Waals surface area contributed by atoms with Crippen LogP contribution in [-0.2, 0) is 12.0 Å². The molecule has 0 radical (unpaired) electrons. The summed E-state index contributed by atoms with van der Waals surface area (Å²) in [4.78, 5) is 4.04. The summed E-state index contributed by atoms with van der Waals surface area (Å²) in [7, 11) is 0. The molecule has 3 nitrogen and oxygen atoms in total. The summed E-state index contributed by atoms with van der Waals surface area (Å²) in [6.07, 6.45) is 1.12. The van der Waals surface area contributed by atoms with Gasteiger partial charge in [0.05, 0.1) is 6.54 Å². The van der Waals surface area contributed by atoms with Gasteiger partial charge in [-0.1, -0.05) is 62.7 Å². The number of guanidine groups is 1. The Morgan fingerprint density at radius 1 is 1.15 bits per heavy atom. The van der Waals surface area contributed by atoms with Crippen molar-refractivity contribution in [2.75, 3.05) is 0 Å². The molecule has 0 saturated carbocycles. The Kier molecular flexibility index (Phi) is 5.25.